The number of hydrogen-bond acceptors (Lipinski definition) is 7. The van der Waals surface area contributed by atoms with Gasteiger partial charge in [-0.2, -0.15) is 0 Å². The van der Waals surface area contributed by atoms with Gasteiger partial charge in [-0.15, -0.1) is 0 Å². The van der Waals surface area contributed by atoms with Crippen molar-refractivity contribution in [3.63, 3.8) is 0 Å². The minimum absolute atomic E-state index is 0.00312. The average molecular weight is 521 g/mol. The number of ketones is 1. The molecule has 2 aliphatic heterocycles. The number of hydrogen-bond donors (Lipinski definition) is 1. The Bertz CT molecular complexity index is 1200. The summed E-state index contributed by atoms with van der Waals surface area (Å²) in [6.07, 6.45) is 1.66. The van der Waals surface area contributed by atoms with Gasteiger partial charge in [-0.05, 0) is 62.2 Å². The first-order chi connectivity index (χ1) is 18.3. The predicted molar refractivity (Wildman–Crippen MR) is 145 cm³/mol. The van der Waals surface area contributed by atoms with E-state index < -0.39 is 17.7 Å². The van der Waals surface area contributed by atoms with Gasteiger partial charge >= 0.3 is 0 Å². The van der Waals surface area contributed by atoms with Crippen LogP contribution in [0.5, 0.6) is 11.5 Å². The normalized spacial score (nSPS) is 19.7. The lowest BCUT2D eigenvalue weighted by atomic mass is 9.94. The molecule has 1 unspecified atom stereocenters. The number of benzene rings is 2. The fourth-order valence-electron chi connectivity index (χ4n) is 4.77. The van der Waals surface area contributed by atoms with E-state index in [2.05, 4.69) is 11.5 Å². The minimum Gasteiger partial charge on any atom is -0.507 e. The van der Waals surface area contributed by atoms with Crippen LogP contribution in [-0.2, 0) is 14.3 Å². The van der Waals surface area contributed by atoms with Crippen LogP contribution in [-0.4, -0.2) is 78.7 Å². The highest BCUT2D eigenvalue weighted by Gasteiger charge is 2.46. The zero-order valence-corrected chi connectivity index (χ0v) is 22.3. The van der Waals surface area contributed by atoms with Crippen LogP contribution in [0.4, 0.5) is 0 Å². The van der Waals surface area contributed by atoms with Gasteiger partial charge in [0, 0.05) is 31.7 Å². The number of morpholine rings is 1. The van der Waals surface area contributed by atoms with Crippen LogP contribution in [0, 0.1) is 6.92 Å². The summed E-state index contributed by atoms with van der Waals surface area (Å²) in [5, 5.41) is 11.4. The third-order valence-electron chi connectivity index (χ3n) is 6.68. The molecule has 0 saturated carbocycles. The molecule has 1 atom stereocenters. The molecule has 1 amide bonds. The molecule has 2 aromatic carbocycles. The summed E-state index contributed by atoms with van der Waals surface area (Å²) in [6.45, 7) is 13.6. The van der Waals surface area contributed by atoms with E-state index in [1.165, 1.54) is 0 Å². The van der Waals surface area contributed by atoms with Gasteiger partial charge in [-0.25, -0.2) is 0 Å². The number of Topliss-reactive ketones (excluding diaryl/α,β-unsaturated/α-hetero) is 1. The van der Waals surface area contributed by atoms with E-state index >= 15 is 0 Å². The van der Waals surface area contributed by atoms with Crippen molar-refractivity contribution < 1.29 is 28.9 Å². The topological polar surface area (TPSA) is 88.5 Å². The molecule has 202 valence electrons. The summed E-state index contributed by atoms with van der Waals surface area (Å²) in [5.41, 5.74) is 2.08. The minimum atomic E-state index is -0.726. The Balaban J connectivity index is 1.71. The lowest BCUT2D eigenvalue weighted by Gasteiger charge is -2.31. The summed E-state index contributed by atoms with van der Waals surface area (Å²) in [7, 11) is 0. The second-order valence-corrected chi connectivity index (χ2v) is 9.76. The molecule has 2 fully saturated rings. The first-order valence-electron chi connectivity index (χ1n) is 13.0. The molecule has 2 aliphatic rings. The maximum Gasteiger partial charge on any atom is 0.295 e. The quantitative estimate of drug-likeness (QED) is 0.218. The largest absolute Gasteiger partial charge is 0.507 e. The third kappa shape index (κ3) is 6.09. The molecule has 4 rings (SSSR count). The van der Waals surface area contributed by atoms with Gasteiger partial charge in [-0.1, -0.05) is 24.8 Å². The number of aliphatic hydroxyl groups is 1. The maximum absolute atomic E-state index is 13.4. The lowest BCUT2D eigenvalue weighted by molar-refractivity contribution is -0.140. The first-order valence-corrected chi connectivity index (χ1v) is 13.0. The molecule has 2 heterocycles. The van der Waals surface area contributed by atoms with Crippen LogP contribution in [0.3, 0.4) is 0 Å². The molecule has 0 radical (unpaired) electrons. The van der Waals surface area contributed by atoms with Crippen molar-refractivity contribution in [2.24, 2.45) is 0 Å². The fraction of sp³-hybridized carbons (Fsp3) is 0.400. The zero-order chi connectivity index (χ0) is 27.2. The Morgan fingerprint density at radius 1 is 1.13 bits per heavy atom. The fourth-order valence-corrected chi connectivity index (χ4v) is 4.77. The van der Waals surface area contributed by atoms with Crippen LogP contribution >= 0.6 is 0 Å². The molecule has 2 saturated heterocycles. The van der Waals surface area contributed by atoms with E-state index in [4.69, 9.17) is 14.2 Å². The molecule has 8 nitrogen and oxygen atoms in total. The van der Waals surface area contributed by atoms with Crippen LogP contribution in [0.2, 0.25) is 0 Å². The average Bonchev–Trinajstić information content (AvgIpc) is 3.17. The Labute approximate surface area is 224 Å². The predicted octanol–water partition coefficient (Wildman–Crippen LogP) is 4.10. The summed E-state index contributed by atoms with van der Waals surface area (Å²) in [4.78, 5) is 30.4. The van der Waals surface area contributed by atoms with Gasteiger partial charge in [-0.3, -0.25) is 14.5 Å². The van der Waals surface area contributed by atoms with Gasteiger partial charge in [0.05, 0.1) is 30.9 Å². The van der Waals surface area contributed by atoms with E-state index in [9.17, 15) is 14.7 Å². The number of carbonyl (C=O) groups is 2. The summed E-state index contributed by atoms with van der Waals surface area (Å²) in [5.74, 6) is -0.159. The highest BCUT2D eigenvalue weighted by molar-refractivity contribution is 6.46. The van der Waals surface area contributed by atoms with E-state index in [1.807, 2.05) is 32.9 Å². The molecule has 0 spiro atoms. The van der Waals surface area contributed by atoms with E-state index in [0.29, 0.717) is 50.0 Å². The summed E-state index contributed by atoms with van der Waals surface area (Å²) < 4.78 is 16.9. The Morgan fingerprint density at radius 2 is 1.84 bits per heavy atom. The highest BCUT2D eigenvalue weighted by atomic mass is 16.5. The van der Waals surface area contributed by atoms with Crippen molar-refractivity contribution in [1.29, 1.82) is 0 Å². The van der Waals surface area contributed by atoms with Crippen LogP contribution in [0.1, 0.15) is 36.6 Å². The summed E-state index contributed by atoms with van der Waals surface area (Å²) >= 11 is 0. The number of nitrogens with zero attached hydrogens (tertiary/aromatic N) is 2. The van der Waals surface area contributed by atoms with Crippen LogP contribution < -0.4 is 9.47 Å². The maximum atomic E-state index is 13.4. The monoisotopic (exact) mass is 520 g/mol. The van der Waals surface area contributed by atoms with E-state index in [0.717, 1.165) is 24.2 Å². The van der Waals surface area contributed by atoms with Crippen molar-refractivity contribution in [1.82, 2.24) is 9.80 Å². The zero-order valence-electron chi connectivity index (χ0n) is 22.3. The standard InChI is InChI=1S/C30H36N2O6/c1-5-16-37-24-9-6-22(7-10-24)27-26(28(33)23-8-11-25(21(4)19-23)38-20(2)3)29(34)30(35)32(27)13-12-31-14-17-36-18-15-31/h5-11,19-20,27,33H,1,12-18H2,2-4H3. The third-order valence-corrected chi connectivity index (χ3v) is 6.68. The first kappa shape index (κ1) is 27.4. The Kier molecular flexibility index (Phi) is 8.86. The van der Waals surface area contributed by atoms with Crippen LogP contribution in [0.15, 0.2) is 60.7 Å². The van der Waals surface area contributed by atoms with E-state index in [-0.39, 0.29) is 17.4 Å². The van der Waals surface area contributed by atoms with Crippen molar-refractivity contribution in [2.75, 3.05) is 46.0 Å². The lowest BCUT2D eigenvalue weighted by Crippen LogP contribution is -2.42. The molecule has 8 heteroatoms. The van der Waals surface area contributed by atoms with Crippen molar-refractivity contribution >= 4 is 17.4 Å². The second kappa shape index (κ2) is 12.3. The number of aliphatic hydroxyl groups excluding tert-OH is 1. The van der Waals surface area contributed by atoms with Gasteiger partial charge in [0.25, 0.3) is 11.7 Å². The number of rotatable bonds is 10. The molecule has 2 aromatic rings. The Hall–Kier alpha value is -3.62. The van der Waals surface area contributed by atoms with Gasteiger partial charge in [0.15, 0.2) is 0 Å². The molecule has 0 aliphatic carbocycles. The number of ether oxygens (including phenoxy) is 3. The van der Waals surface area contributed by atoms with Crippen LogP contribution in [0.25, 0.3) is 5.76 Å². The highest BCUT2D eigenvalue weighted by Crippen LogP contribution is 2.40. The molecule has 0 aromatic heterocycles. The molecular formula is C30H36N2O6. The second-order valence-electron chi connectivity index (χ2n) is 9.76. The van der Waals surface area contributed by atoms with Crippen molar-refractivity contribution in [3.05, 3.63) is 77.4 Å². The van der Waals surface area contributed by atoms with Crippen molar-refractivity contribution in [3.8, 4) is 11.5 Å². The number of aryl methyl sites for hydroxylation is 1. The molecule has 1 N–H and O–H groups in total. The van der Waals surface area contributed by atoms with Gasteiger partial charge in [0.1, 0.15) is 23.9 Å². The SMILES string of the molecule is C=CCOc1ccc(C2C(=C(O)c3ccc(OC(C)C)c(C)c3)C(=O)C(=O)N2CCN2CCOCC2)cc1. The van der Waals surface area contributed by atoms with Crippen molar-refractivity contribution in [2.45, 2.75) is 32.9 Å². The molecule has 38 heavy (non-hydrogen) atoms. The van der Waals surface area contributed by atoms with E-state index in [1.54, 1.807) is 41.3 Å². The number of likely N-dealkylation sites (tertiary alicyclic amines) is 1. The van der Waals surface area contributed by atoms with Gasteiger partial charge < -0.3 is 24.2 Å². The smallest absolute Gasteiger partial charge is 0.295 e. The molecular weight excluding hydrogens is 484 g/mol. The number of amides is 1. The summed E-state index contributed by atoms with van der Waals surface area (Å²) in [6, 6.07) is 11.8. The molecule has 0 bridgehead atoms. The Morgan fingerprint density at radius 3 is 2.47 bits per heavy atom. The van der Waals surface area contributed by atoms with Gasteiger partial charge in [0.2, 0.25) is 0 Å². The number of carbonyl (C=O) groups excluding carboxylic acids is 2.